The molecule has 0 N–H and O–H groups in total. The van der Waals surface area contributed by atoms with Gasteiger partial charge in [-0.25, -0.2) is 0 Å². The van der Waals surface area contributed by atoms with E-state index in [-0.39, 0.29) is 37.2 Å². The summed E-state index contributed by atoms with van der Waals surface area (Å²) in [6, 6.07) is 32.3. The maximum absolute atomic E-state index is 8.93. The summed E-state index contributed by atoms with van der Waals surface area (Å²) in [5.74, 6) is 0. The van der Waals surface area contributed by atoms with Gasteiger partial charge in [0.25, 0.3) is 0 Å². The van der Waals surface area contributed by atoms with Crippen LogP contribution in [0, 0.1) is 0 Å². The Kier molecular flexibility index (Phi) is 21.7. The molecule has 29 heavy (non-hydrogen) atoms. The molecular weight excluding hydrogens is 394 g/mol. The van der Waals surface area contributed by atoms with Gasteiger partial charge >= 0.3 is 17.4 Å². The first-order chi connectivity index (χ1) is 13.7. The summed E-state index contributed by atoms with van der Waals surface area (Å²) in [5.41, 5.74) is 0. The van der Waals surface area contributed by atoms with Gasteiger partial charge in [0.1, 0.15) is 0 Å². The predicted molar refractivity (Wildman–Crippen MR) is 123 cm³/mol. The van der Waals surface area contributed by atoms with Crippen molar-refractivity contribution in [1.29, 1.82) is 0 Å². The van der Waals surface area contributed by atoms with Crippen molar-refractivity contribution in [3.05, 3.63) is 91.0 Å². The van der Waals surface area contributed by atoms with Crippen molar-refractivity contribution in [3.8, 4) is 0 Å². The quantitative estimate of drug-likeness (QED) is 0.468. The van der Waals surface area contributed by atoms with Crippen molar-refractivity contribution >= 4 is 41.2 Å². The Balaban J connectivity index is 0. The minimum Gasteiger partial charge on any atom is -0.855 e. The average Bonchev–Trinajstić information content (AvgIpc) is 2.73. The number of hydrogen-bond donors (Lipinski definition) is 0. The molecule has 152 valence electrons. The Bertz CT molecular complexity index is 584. The van der Waals surface area contributed by atoms with Gasteiger partial charge in [-0.2, -0.15) is 0 Å². The minimum atomic E-state index is -0.446. The van der Waals surface area contributed by atoms with Gasteiger partial charge in [-0.15, -0.1) is 19.8 Å². The van der Waals surface area contributed by atoms with Crippen LogP contribution in [0.5, 0.6) is 0 Å². The van der Waals surface area contributed by atoms with E-state index in [0.717, 1.165) is 0 Å². The smallest absolute Gasteiger partial charge is 0.855 e. The van der Waals surface area contributed by atoms with Crippen LogP contribution < -0.4 is 31.2 Å². The Labute approximate surface area is 188 Å². The van der Waals surface area contributed by atoms with E-state index < -0.39 is 7.92 Å². The zero-order valence-electron chi connectivity index (χ0n) is 17.5. The minimum absolute atomic E-state index is 0. The van der Waals surface area contributed by atoms with E-state index in [0.29, 0.717) is 0 Å². The monoisotopic (exact) mass is 424 g/mol. The van der Waals surface area contributed by atoms with E-state index in [9.17, 15) is 0 Å². The van der Waals surface area contributed by atoms with E-state index in [2.05, 4.69) is 91.0 Å². The Hall–Kier alpha value is -1.50. The molecule has 0 aliphatic carbocycles. The first-order valence-corrected chi connectivity index (χ1v) is 10.7. The van der Waals surface area contributed by atoms with Crippen LogP contribution in [0.2, 0.25) is 0 Å². The van der Waals surface area contributed by atoms with Crippen LogP contribution >= 0.6 is 7.92 Å². The summed E-state index contributed by atoms with van der Waals surface area (Å²) in [6.07, 6.45) is 0. The van der Waals surface area contributed by atoms with E-state index >= 15 is 0 Å². The normalized spacial score (nSPS) is 8.79. The fourth-order valence-corrected chi connectivity index (χ4v) is 4.48. The van der Waals surface area contributed by atoms with Crippen LogP contribution in [0.1, 0.15) is 20.8 Å². The van der Waals surface area contributed by atoms with E-state index in [4.69, 9.17) is 15.3 Å². The molecular formula is C24H30AlO3P. The molecule has 3 aromatic carbocycles. The molecule has 5 heteroatoms. The van der Waals surface area contributed by atoms with Gasteiger partial charge in [0.2, 0.25) is 0 Å². The fourth-order valence-electron chi connectivity index (χ4n) is 2.18. The summed E-state index contributed by atoms with van der Waals surface area (Å²) in [6.45, 7) is 4.71. The molecule has 0 heterocycles. The van der Waals surface area contributed by atoms with Gasteiger partial charge in [-0.1, -0.05) is 112 Å². The fraction of sp³-hybridized carbons (Fsp3) is 0.250. The van der Waals surface area contributed by atoms with Gasteiger partial charge in [-0.3, -0.25) is 0 Å². The average molecular weight is 424 g/mol. The molecule has 3 nitrogen and oxygen atoms in total. The molecule has 0 amide bonds. The van der Waals surface area contributed by atoms with Crippen molar-refractivity contribution in [2.75, 3.05) is 19.8 Å². The van der Waals surface area contributed by atoms with E-state index in [1.807, 2.05) is 0 Å². The van der Waals surface area contributed by atoms with Crippen LogP contribution in [0.25, 0.3) is 0 Å². The molecule has 0 aromatic heterocycles. The van der Waals surface area contributed by atoms with E-state index in [1.165, 1.54) is 15.9 Å². The van der Waals surface area contributed by atoms with Gasteiger partial charge in [-0.05, 0) is 23.8 Å². The third kappa shape index (κ3) is 13.4. The molecule has 0 atom stereocenters. The van der Waals surface area contributed by atoms with Crippen molar-refractivity contribution < 1.29 is 15.3 Å². The molecule has 0 aliphatic rings. The molecule has 3 rings (SSSR count). The van der Waals surface area contributed by atoms with Crippen LogP contribution in [0.15, 0.2) is 91.0 Å². The van der Waals surface area contributed by atoms with Crippen molar-refractivity contribution in [3.63, 3.8) is 0 Å². The Morgan fingerprint density at radius 2 is 0.655 bits per heavy atom. The second kappa shape index (κ2) is 21.2. The number of rotatable bonds is 3. The van der Waals surface area contributed by atoms with Crippen LogP contribution in [0.4, 0.5) is 0 Å². The zero-order valence-corrected chi connectivity index (χ0v) is 19.6. The summed E-state index contributed by atoms with van der Waals surface area (Å²) in [5, 5.41) is 31.0. The van der Waals surface area contributed by atoms with E-state index in [1.54, 1.807) is 20.8 Å². The SMILES string of the molecule is CC[O-].CC[O-].CC[O-].[Al+3].c1ccc(P(c2ccccc2)c2ccccc2)cc1. The molecule has 0 spiro atoms. The molecule has 0 saturated carbocycles. The van der Waals surface area contributed by atoms with Crippen LogP contribution in [0.3, 0.4) is 0 Å². The molecule has 0 radical (unpaired) electrons. The van der Waals surface area contributed by atoms with Crippen molar-refractivity contribution in [1.82, 2.24) is 0 Å². The maximum atomic E-state index is 8.93. The summed E-state index contributed by atoms with van der Waals surface area (Å²) in [7, 11) is -0.446. The van der Waals surface area contributed by atoms with Gasteiger partial charge in [0.05, 0.1) is 0 Å². The zero-order chi connectivity index (χ0) is 21.0. The van der Waals surface area contributed by atoms with Crippen molar-refractivity contribution in [2.45, 2.75) is 20.8 Å². The second-order valence-corrected chi connectivity index (χ2v) is 7.43. The maximum Gasteiger partial charge on any atom is 3.00 e. The Morgan fingerprint density at radius 1 is 0.483 bits per heavy atom. The first kappa shape index (κ1) is 29.7. The first-order valence-electron chi connectivity index (χ1n) is 9.39. The molecule has 3 aromatic rings. The summed E-state index contributed by atoms with van der Waals surface area (Å²) < 4.78 is 0. The van der Waals surface area contributed by atoms with Crippen LogP contribution in [-0.2, 0) is 0 Å². The summed E-state index contributed by atoms with van der Waals surface area (Å²) in [4.78, 5) is 0. The number of benzene rings is 3. The molecule has 0 saturated heterocycles. The van der Waals surface area contributed by atoms with Crippen LogP contribution in [-0.4, -0.2) is 37.2 Å². The molecule has 0 unspecified atom stereocenters. The summed E-state index contributed by atoms with van der Waals surface area (Å²) >= 11 is 0. The predicted octanol–water partition coefficient (Wildman–Crippen LogP) is 1.16. The topological polar surface area (TPSA) is 69.2 Å². The second-order valence-electron chi connectivity index (χ2n) is 5.21. The Morgan fingerprint density at radius 3 is 0.828 bits per heavy atom. The standard InChI is InChI=1S/C18H15P.3C2H5O.Al/c1-4-10-16(11-5-1)19(17-12-6-2-7-13-17)18-14-8-3-9-15-18;3*1-2-3;/h1-15H;3*2H2,1H3;/q;3*-1;+3. The molecule has 0 fully saturated rings. The van der Waals surface area contributed by atoms with Crippen molar-refractivity contribution in [2.24, 2.45) is 0 Å². The van der Waals surface area contributed by atoms with Gasteiger partial charge < -0.3 is 15.3 Å². The third-order valence-corrected chi connectivity index (χ3v) is 5.49. The third-order valence-electron chi connectivity index (χ3n) is 3.04. The molecule has 0 aliphatic heterocycles. The largest absolute Gasteiger partial charge is 3.00 e. The number of hydrogen-bond acceptors (Lipinski definition) is 3. The van der Waals surface area contributed by atoms with Gasteiger partial charge in [0.15, 0.2) is 0 Å². The molecule has 0 bridgehead atoms. The van der Waals surface area contributed by atoms with Gasteiger partial charge in [0, 0.05) is 0 Å².